The van der Waals surface area contributed by atoms with Gasteiger partial charge in [-0.15, -0.1) is 0 Å². The van der Waals surface area contributed by atoms with Crippen LogP contribution in [0.2, 0.25) is 0 Å². The van der Waals surface area contributed by atoms with Gasteiger partial charge in [-0.2, -0.15) is 0 Å². The third-order valence-electron chi connectivity index (χ3n) is 9.32. The predicted octanol–water partition coefficient (Wildman–Crippen LogP) is 3.39. The van der Waals surface area contributed by atoms with Crippen molar-refractivity contribution in [3.63, 3.8) is 0 Å². The molecule has 0 aliphatic carbocycles. The van der Waals surface area contributed by atoms with E-state index in [0.29, 0.717) is 32.5 Å². The summed E-state index contributed by atoms with van der Waals surface area (Å²) in [7, 11) is 0. The second-order valence-corrected chi connectivity index (χ2v) is 11.6. The van der Waals surface area contributed by atoms with Crippen LogP contribution in [0.1, 0.15) is 26.7 Å². The summed E-state index contributed by atoms with van der Waals surface area (Å²) < 4.78 is 6.75. The van der Waals surface area contributed by atoms with E-state index in [4.69, 9.17) is 4.74 Å². The van der Waals surface area contributed by atoms with Crippen molar-refractivity contribution < 1.29 is 24.2 Å². The Labute approximate surface area is 253 Å². The lowest BCUT2D eigenvalue weighted by molar-refractivity contribution is -0.140. The van der Waals surface area contributed by atoms with Crippen molar-refractivity contribution in [3.05, 3.63) is 78.9 Å². The van der Waals surface area contributed by atoms with Gasteiger partial charge in [0.1, 0.15) is 11.6 Å². The van der Waals surface area contributed by atoms with Gasteiger partial charge in [0, 0.05) is 56.4 Å². The van der Waals surface area contributed by atoms with Gasteiger partial charge in [0.25, 0.3) is 5.91 Å². The SMILES string of the molecule is CCN(CC)c1ccc(N2CC=C[C@]34O[C@H]5C=CCN(c6ccccc6)C(=O)[C@H]5[C@H]3C(=O)N(CCCCO)C4C2=O)cc1. The summed E-state index contributed by atoms with van der Waals surface area (Å²) in [4.78, 5) is 50.4. The molecular formula is C34H40N4O5. The summed E-state index contributed by atoms with van der Waals surface area (Å²) in [5.41, 5.74) is 1.30. The molecule has 3 amide bonds. The highest BCUT2D eigenvalue weighted by Gasteiger charge is 2.71. The predicted molar refractivity (Wildman–Crippen MR) is 166 cm³/mol. The summed E-state index contributed by atoms with van der Waals surface area (Å²) in [5.74, 6) is -2.27. The standard InChI is InChI=1S/C34H40N4O5/c1-3-35(4-2)24-15-17-26(18-16-24)37-22-11-19-34-29(32(41)38(20-8-9-23-39)30(34)33(37)42)28-27(43-34)14-10-21-36(31(28)40)25-12-6-5-7-13-25/h5-7,10-19,27-30,39H,3-4,8-9,20-23H2,1-2H3/t27-,28+,29-,30?,34-/m0/s1. The lowest BCUT2D eigenvalue weighted by atomic mass is 9.77. The van der Waals surface area contributed by atoms with Crippen molar-refractivity contribution in [2.45, 2.75) is 44.4 Å². The zero-order chi connectivity index (χ0) is 30.1. The molecule has 1 unspecified atom stereocenters. The van der Waals surface area contributed by atoms with Crippen molar-refractivity contribution in [1.29, 1.82) is 0 Å². The van der Waals surface area contributed by atoms with Crippen molar-refractivity contribution >= 4 is 34.8 Å². The number of rotatable bonds is 9. The Morgan fingerprint density at radius 2 is 1.53 bits per heavy atom. The number of carbonyl (C=O) groups is 3. The fourth-order valence-electron chi connectivity index (χ4n) is 7.27. The van der Waals surface area contributed by atoms with Crippen molar-refractivity contribution in [1.82, 2.24) is 4.90 Å². The van der Waals surface area contributed by atoms with Gasteiger partial charge >= 0.3 is 0 Å². The van der Waals surface area contributed by atoms with Gasteiger partial charge in [-0.1, -0.05) is 42.5 Å². The van der Waals surface area contributed by atoms with Crippen LogP contribution in [-0.4, -0.2) is 84.8 Å². The Hall–Kier alpha value is -3.95. The highest BCUT2D eigenvalue weighted by atomic mass is 16.5. The fourth-order valence-corrected chi connectivity index (χ4v) is 7.27. The Kier molecular flexibility index (Phi) is 8.11. The van der Waals surface area contributed by atoms with Crippen LogP contribution in [0.5, 0.6) is 0 Å². The van der Waals surface area contributed by atoms with Gasteiger partial charge in [-0.3, -0.25) is 14.4 Å². The Morgan fingerprint density at radius 3 is 2.23 bits per heavy atom. The number of benzene rings is 2. The van der Waals surface area contributed by atoms with Crippen LogP contribution >= 0.6 is 0 Å². The number of unbranched alkanes of at least 4 members (excludes halogenated alkanes) is 1. The third-order valence-corrected chi connectivity index (χ3v) is 9.32. The number of ether oxygens (including phenoxy) is 1. The van der Waals surface area contributed by atoms with E-state index < -0.39 is 29.6 Å². The van der Waals surface area contributed by atoms with Crippen LogP contribution in [-0.2, 0) is 19.1 Å². The van der Waals surface area contributed by atoms with E-state index in [2.05, 4.69) is 18.7 Å². The molecule has 9 heteroatoms. The van der Waals surface area contributed by atoms with Crippen molar-refractivity contribution in [2.24, 2.45) is 11.8 Å². The molecule has 2 aromatic carbocycles. The minimum absolute atomic E-state index is 0.00333. The van der Waals surface area contributed by atoms with Gasteiger partial charge in [0.2, 0.25) is 11.8 Å². The topological polar surface area (TPSA) is 93.6 Å². The van der Waals surface area contributed by atoms with Gasteiger partial charge in [0.05, 0.1) is 17.9 Å². The van der Waals surface area contributed by atoms with E-state index in [0.717, 1.165) is 30.2 Å². The molecule has 226 valence electrons. The molecule has 9 nitrogen and oxygen atoms in total. The maximum absolute atomic E-state index is 14.6. The van der Waals surface area contributed by atoms with Gasteiger partial charge in [-0.05, 0) is 63.1 Å². The van der Waals surface area contributed by atoms with E-state index in [1.807, 2.05) is 78.9 Å². The minimum Gasteiger partial charge on any atom is -0.396 e. The molecule has 5 atom stereocenters. The minimum atomic E-state index is -1.28. The number of anilines is 3. The first-order chi connectivity index (χ1) is 20.9. The van der Waals surface area contributed by atoms with Crippen LogP contribution in [0, 0.1) is 11.8 Å². The molecule has 4 heterocycles. The number of aliphatic hydroxyl groups is 1. The number of amides is 3. The molecule has 43 heavy (non-hydrogen) atoms. The molecule has 0 radical (unpaired) electrons. The zero-order valence-electron chi connectivity index (χ0n) is 24.8. The van der Waals surface area contributed by atoms with Crippen LogP contribution in [0.4, 0.5) is 17.1 Å². The molecule has 0 aromatic heterocycles. The lowest BCUT2D eigenvalue weighted by Gasteiger charge is -2.35. The maximum atomic E-state index is 14.6. The molecule has 2 aromatic rings. The van der Waals surface area contributed by atoms with E-state index in [1.165, 1.54) is 0 Å². The molecule has 4 aliphatic heterocycles. The second-order valence-electron chi connectivity index (χ2n) is 11.6. The number of fused-ring (bicyclic) bond motifs is 2. The fraction of sp³-hybridized carbons (Fsp3) is 0.441. The monoisotopic (exact) mass is 584 g/mol. The first-order valence-electron chi connectivity index (χ1n) is 15.4. The number of hydrogen-bond donors (Lipinski definition) is 1. The number of carbonyl (C=O) groups excluding carboxylic acids is 3. The van der Waals surface area contributed by atoms with E-state index in [-0.39, 0.29) is 24.3 Å². The summed E-state index contributed by atoms with van der Waals surface area (Å²) in [6.07, 6.45) is 7.98. The number of para-hydroxylation sites is 1. The average molecular weight is 585 g/mol. The Bertz CT molecular complexity index is 1410. The largest absolute Gasteiger partial charge is 0.396 e. The van der Waals surface area contributed by atoms with Crippen molar-refractivity contribution in [3.8, 4) is 0 Å². The molecule has 6 rings (SSSR count). The normalized spacial score (nSPS) is 28.1. The number of hydrogen-bond acceptors (Lipinski definition) is 6. The molecule has 4 aliphatic rings. The third kappa shape index (κ3) is 4.84. The number of likely N-dealkylation sites (tertiary alicyclic amines) is 1. The first-order valence-corrected chi connectivity index (χ1v) is 15.4. The zero-order valence-corrected chi connectivity index (χ0v) is 24.8. The molecule has 1 N–H and O–H groups in total. The van der Waals surface area contributed by atoms with Crippen LogP contribution in [0.25, 0.3) is 0 Å². The maximum Gasteiger partial charge on any atom is 0.253 e. The van der Waals surface area contributed by atoms with Gasteiger partial charge in [0.15, 0.2) is 0 Å². The molecule has 0 saturated carbocycles. The van der Waals surface area contributed by atoms with Gasteiger partial charge in [-0.25, -0.2) is 0 Å². The highest BCUT2D eigenvalue weighted by Crippen LogP contribution is 2.54. The van der Waals surface area contributed by atoms with E-state index in [1.54, 1.807) is 14.7 Å². The van der Waals surface area contributed by atoms with E-state index in [9.17, 15) is 19.5 Å². The Morgan fingerprint density at radius 1 is 0.860 bits per heavy atom. The van der Waals surface area contributed by atoms with E-state index >= 15 is 0 Å². The first kappa shape index (κ1) is 29.1. The van der Waals surface area contributed by atoms with Crippen LogP contribution < -0.4 is 14.7 Å². The van der Waals surface area contributed by atoms with Crippen LogP contribution in [0.15, 0.2) is 78.9 Å². The summed E-state index contributed by atoms with van der Waals surface area (Å²) in [6.45, 7) is 6.98. The Balaban J connectivity index is 1.38. The summed E-state index contributed by atoms with van der Waals surface area (Å²) in [5, 5.41) is 9.47. The number of nitrogens with zero attached hydrogens (tertiary/aromatic N) is 4. The molecule has 0 bridgehead atoms. The number of aliphatic hydroxyl groups excluding tert-OH is 1. The molecular weight excluding hydrogens is 544 g/mol. The second kappa shape index (κ2) is 12.0. The van der Waals surface area contributed by atoms with Crippen molar-refractivity contribution in [2.75, 3.05) is 54.0 Å². The van der Waals surface area contributed by atoms with Crippen LogP contribution in [0.3, 0.4) is 0 Å². The lowest BCUT2D eigenvalue weighted by Crippen LogP contribution is -2.55. The molecule has 2 fully saturated rings. The molecule has 1 spiro atoms. The summed E-state index contributed by atoms with van der Waals surface area (Å²) >= 11 is 0. The highest BCUT2D eigenvalue weighted by molar-refractivity contribution is 6.07. The van der Waals surface area contributed by atoms with Gasteiger partial charge < -0.3 is 29.4 Å². The molecule has 2 saturated heterocycles. The quantitative estimate of drug-likeness (QED) is 0.359. The smallest absolute Gasteiger partial charge is 0.253 e. The average Bonchev–Trinajstić information content (AvgIpc) is 3.33. The summed E-state index contributed by atoms with van der Waals surface area (Å²) in [6, 6.07) is 16.5.